The van der Waals surface area contributed by atoms with Crippen LogP contribution < -0.4 is 0 Å². The van der Waals surface area contributed by atoms with Crippen LogP contribution in [0, 0.1) is 0 Å². The molecule has 82 valence electrons. The van der Waals surface area contributed by atoms with Crippen molar-refractivity contribution in [1.82, 2.24) is 0 Å². The minimum Gasteiger partial charge on any atom is -0.291 e. The van der Waals surface area contributed by atoms with Crippen molar-refractivity contribution in [3.8, 4) is 0 Å². The van der Waals surface area contributed by atoms with Crippen molar-refractivity contribution >= 4 is 11.5 Å². The minimum absolute atomic E-state index is 0.0156. The molecular weight excluding hydrogens is 212 g/mol. The van der Waals surface area contributed by atoms with E-state index in [2.05, 4.69) is 10.2 Å². The maximum atomic E-state index is 12.3. The Morgan fingerprint density at radius 1 is 0.882 bits per heavy atom. The molecule has 0 amide bonds. The van der Waals surface area contributed by atoms with Crippen molar-refractivity contribution in [3.05, 3.63) is 65.7 Å². The highest BCUT2D eigenvalue weighted by molar-refractivity contribution is 6.05. The second-order valence-corrected chi connectivity index (χ2v) is 3.91. The van der Waals surface area contributed by atoms with Crippen LogP contribution in [0.5, 0.6) is 0 Å². The summed E-state index contributed by atoms with van der Waals surface area (Å²) >= 11 is 0. The molecule has 0 radical (unpaired) electrons. The summed E-state index contributed by atoms with van der Waals surface area (Å²) in [5.41, 5.74) is 2.19. The third-order valence-corrected chi connectivity index (χ3v) is 2.81. The molecule has 17 heavy (non-hydrogen) atoms. The maximum absolute atomic E-state index is 12.3. The number of fused-ring (bicyclic) bond motifs is 1. The largest absolute Gasteiger partial charge is 0.291 e. The molecular formula is C14H10N2O. The van der Waals surface area contributed by atoms with Gasteiger partial charge in [0.25, 0.3) is 0 Å². The van der Waals surface area contributed by atoms with Crippen molar-refractivity contribution in [2.75, 3.05) is 0 Å². The summed E-state index contributed by atoms with van der Waals surface area (Å²) in [6, 6.07) is 16.3. The average Bonchev–Trinajstić information content (AvgIpc) is 2.40. The summed E-state index contributed by atoms with van der Waals surface area (Å²) in [5, 5.41) is 8.20. The van der Waals surface area contributed by atoms with Gasteiger partial charge in [-0.05, 0) is 17.7 Å². The molecule has 2 aromatic rings. The Balaban J connectivity index is 2.06. The maximum Gasteiger partial charge on any atom is 0.195 e. The van der Waals surface area contributed by atoms with Gasteiger partial charge in [-0.15, -0.1) is 0 Å². The summed E-state index contributed by atoms with van der Waals surface area (Å²) < 4.78 is 0. The number of ketones is 1. The third kappa shape index (κ3) is 1.65. The lowest BCUT2D eigenvalue weighted by molar-refractivity contribution is 0.0956. The van der Waals surface area contributed by atoms with E-state index in [1.165, 1.54) is 0 Å². The number of hydrogen-bond donors (Lipinski definition) is 0. The van der Waals surface area contributed by atoms with Gasteiger partial charge in [-0.3, -0.25) is 4.79 Å². The Labute approximate surface area is 98.8 Å². The number of carbonyl (C=O) groups is 1. The van der Waals surface area contributed by atoms with E-state index in [4.69, 9.17) is 0 Å². The molecule has 0 N–H and O–H groups in total. The van der Waals surface area contributed by atoms with Crippen molar-refractivity contribution < 1.29 is 4.79 Å². The molecule has 0 aromatic heterocycles. The molecule has 3 heteroatoms. The highest BCUT2D eigenvalue weighted by Crippen LogP contribution is 2.33. The van der Waals surface area contributed by atoms with Gasteiger partial charge in [0.1, 0.15) is 0 Å². The smallest absolute Gasteiger partial charge is 0.195 e. The average molecular weight is 222 g/mol. The first-order chi connectivity index (χ1) is 8.36. The molecule has 0 fully saturated rings. The Morgan fingerprint density at radius 3 is 2.41 bits per heavy atom. The molecule has 0 bridgehead atoms. The molecule has 0 aliphatic carbocycles. The molecule has 0 spiro atoms. The fraction of sp³-hybridized carbons (Fsp3) is 0.0714. The fourth-order valence-corrected chi connectivity index (χ4v) is 1.94. The van der Waals surface area contributed by atoms with Crippen molar-refractivity contribution in [2.24, 2.45) is 10.2 Å². The van der Waals surface area contributed by atoms with Gasteiger partial charge in [0.15, 0.2) is 11.8 Å². The van der Waals surface area contributed by atoms with E-state index in [1.54, 1.807) is 12.1 Å². The highest BCUT2D eigenvalue weighted by Gasteiger charge is 2.26. The molecule has 0 saturated carbocycles. The lowest BCUT2D eigenvalue weighted by Crippen LogP contribution is -2.13. The molecule has 1 heterocycles. The van der Waals surface area contributed by atoms with Crippen LogP contribution in [-0.2, 0) is 0 Å². The van der Waals surface area contributed by atoms with Crippen molar-refractivity contribution in [3.63, 3.8) is 0 Å². The predicted octanol–water partition coefficient (Wildman–Crippen LogP) is 3.71. The zero-order valence-corrected chi connectivity index (χ0v) is 9.08. The Hall–Kier alpha value is -2.29. The number of nitrogens with zero attached hydrogens (tertiary/aromatic N) is 2. The molecule has 2 aromatic carbocycles. The minimum atomic E-state index is -0.494. The monoisotopic (exact) mass is 222 g/mol. The summed E-state index contributed by atoms with van der Waals surface area (Å²) in [6.45, 7) is 0. The zero-order valence-electron chi connectivity index (χ0n) is 9.08. The standard InChI is InChI=1S/C14H10N2O/c17-14-11-8-4-5-9-12(11)15-16-13(14)10-6-2-1-3-7-10/h1-9,13H. The molecule has 1 aliphatic heterocycles. The Kier molecular flexibility index (Phi) is 2.29. The SMILES string of the molecule is O=C1c2ccccc2N=NC1c1ccccc1. The zero-order chi connectivity index (χ0) is 11.7. The van der Waals surface area contributed by atoms with Gasteiger partial charge >= 0.3 is 0 Å². The second-order valence-electron chi connectivity index (χ2n) is 3.91. The van der Waals surface area contributed by atoms with Gasteiger partial charge in [-0.25, -0.2) is 0 Å². The normalized spacial score (nSPS) is 17.9. The van der Waals surface area contributed by atoms with E-state index in [0.717, 1.165) is 5.56 Å². The van der Waals surface area contributed by atoms with Crippen molar-refractivity contribution in [2.45, 2.75) is 6.04 Å². The first-order valence-corrected chi connectivity index (χ1v) is 5.45. The van der Waals surface area contributed by atoms with Gasteiger partial charge in [-0.1, -0.05) is 42.5 Å². The van der Waals surface area contributed by atoms with Crippen LogP contribution in [0.15, 0.2) is 64.8 Å². The lowest BCUT2D eigenvalue weighted by atomic mass is 9.96. The van der Waals surface area contributed by atoms with Gasteiger partial charge in [0.05, 0.1) is 5.69 Å². The van der Waals surface area contributed by atoms with Crippen LogP contribution >= 0.6 is 0 Å². The third-order valence-electron chi connectivity index (χ3n) is 2.81. The van der Waals surface area contributed by atoms with Crippen LogP contribution in [0.25, 0.3) is 0 Å². The molecule has 1 unspecified atom stereocenters. The fourth-order valence-electron chi connectivity index (χ4n) is 1.94. The van der Waals surface area contributed by atoms with Crippen LogP contribution in [-0.4, -0.2) is 5.78 Å². The van der Waals surface area contributed by atoms with Crippen LogP contribution in [0.3, 0.4) is 0 Å². The molecule has 0 saturated heterocycles. The number of azo groups is 1. The Morgan fingerprint density at radius 2 is 1.59 bits per heavy atom. The van der Waals surface area contributed by atoms with E-state index in [-0.39, 0.29) is 5.78 Å². The topological polar surface area (TPSA) is 41.8 Å². The molecule has 3 rings (SSSR count). The second kappa shape index (κ2) is 3.94. The van der Waals surface area contributed by atoms with Crippen molar-refractivity contribution in [1.29, 1.82) is 0 Å². The molecule has 1 aliphatic rings. The van der Waals surface area contributed by atoms with Gasteiger partial charge < -0.3 is 0 Å². The van der Waals surface area contributed by atoms with E-state index in [1.807, 2.05) is 42.5 Å². The van der Waals surface area contributed by atoms with Crippen LogP contribution in [0.4, 0.5) is 5.69 Å². The van der Waals surface area contributed by atoms with Gasteiger partial charge in [0, 0.05) is 5.56 Å². The molecule has 1 atom stereocenters. The lowest BCUT2D eigenvalue weighted by Gasteiger charge is -2.16. The highest BCUT2D eigenvalue weighted by atomic mass is 16.1. The van der Waals surface area contributed by atoms with Gasteiger partial charge in [0.2, 0.25) is 0 Å². The van der Waals surface area contributed by atoms with E-state index < -0.39 is 6.04 Å². The van der Waals surface area contributed by atoms with Crippen LogP contribution in [0.2, 0.25) is 0 Å². The predicted molar refractivity (Wildman–Crippen MR) is 64.5 cm³/mol. The molecule has 3 nitrogen and oxygen atoms in total. The summed E-state index contributed by atoms with van der Waals surface area (Å²) in [6.07, 6.45) is 0. The quantitative estimate of drug-likeness (QED) is 0.725. The number of Topliss-reactive ketones (excluding diaryl/α,β-unsaturated/α-hetero) is 1. The summed E-state index contributed by atoms with van der Waals surface area (Å²) in [5.74, 6) is 0.0156. The van der Waals surface area contributed by atoms with E-state index in [0.29, 0.717) is 11.3 Å². The first-order valence-electron chi connectivity index (χ1n) is 5.45. The number of rotatable bonds is 1. The van der Waals surface area contributed by atoms with E-state index in [9.17, 15) is 4.79 Å². The number of benzene rings is 2. The number of carbonyl (C=O) groups excluding carboxylic acids is 1. The first kappa shape index (κ1) is 9.90. The van der Waals surface area contributed by atoms with E-state index >= 15 is 0 Å². The van der Waals surface area contributed by atoms with Crippen LogP contribution in [0.1, 0.15) is 22.0 Å². The Bertz CT molecular complexity index is 590. The summed E-state index contributed by atoms with van der Waals surface area (Å²) in [4.78, 5) is 12.3. The summed E-state index contributed by atoms with van der Waals surface area (Å²) in [7, 11) is 0. The van der Waals surface area contributed by atoms with Gasteiger partial charge in [-0.2, -0.15) is 10.2 Å². The number of hydrogen-bond acceptors (Lipinski definition) is 3.